The molecule has 0 bridgehead atoms. The largest absolute Gasteiger partial charge is 0.436 e. The van der Waals surface area contributed by atoms with Gasteiger partial charge in [0.25, 0.3) is 5.91 Å². The fourth-order valence-corrected chi connectivity index (χ4v) is 3.81. The van der Waals surface area contributed by atoms with E-state index in [-0.39, 0.29) is 11.7 Å². The van der Waals surface area contributed by atoms with Gasteiger partial charge in [0.05, 0.1) is 17.5 Å². The van der Waals surface area contributed by atoms with Crippen molar-refractivity contribution in [2.45, 2.75) is 13.3 Å². The average Bonchev–Trinajstić information content (AvgIpc) is 3.27. The summed E-state index contributed by atoms with van der Waals surface area (Å²) in [7, 11) is -1.67. The average molecular weight is 428 g/mol. The summed E-state index contributed by atoms with van der Waals surface area (Å²) in [5.74, 6) is 0.796. The van der Waals surface area contributed by atoms with E-state index in [9.17, 15) is 13.2 Å². The molecular weight excluding hydrogens is 402 g/mol. The lowest BCUT2D eigenvalue weighted by Gasteiger charge is -2.16. The van der Waals surface area contributed by atoms with Gasteiger partial charge in [-0.2, -0.15) is 0 Å². The number of benzene rings is 2. The highest BCUT2D eigenvalue weighted by atomic mass is 32.2. The van der Waals surface area contributed by atoms with Crippen LogP contribution in [0.4, 0.5) is 0 Å². The van der Waals surface area contributed by atoms with Crippen molar-refractivity contribution in [2.24, 2.45) is 0 Å². The number of hydrogen-bond donors (Lipinski definition) is 1. The van der Waals surface area contributed by atoms with E-state index in [0.29, 0.717) is 42.3 Å². The number of amides is 1. The minimum Gasteiger partial charge on any atom is -0.436 e. The van der Waals surface area contributed by atoms with Crippen LogP contribution in [-0.4, -0.2) is 49.5 Å². The van der Waals surface area contributed by atoms with Gasteiger partial charge >= 0.3 is 0 Å². The Morgan fingerprint density at radius 2 is 1.80 bits per heavy atom. The molecule has 3 aromatic rings. The van der Waals surface area contributed by atoms with E-state index in [4.69, 9.17) is 4.42 Å². The lowest BCUT2D eigenvalue weighted by molar-refractivity contribution is 0.0953. The number of carbonyl (C=O) groups is 1. The van der Waals surface area contributed by atoms with Gasteiger partial charge in [-0.25, -0.2) is 17.7 Å². The third-order valence-electron chi connectivity index (χ3n) is 4.74. The zero-order valence-electron chi connectivity index (χ0n) is 17.0. The molecular formula is C22H25N3O4S. The van der Waals surface area contributed by atoms with E-state index in [2.05, 4.69) is 10.3 Å². The Morgan fingerprint density at radius 3 is 2.53 bits per heavy atom. The van der Waals surface area contributed by atoms with E-state index >= 15 is 0 Å². The smallest absolute Gasteiger partial charge is 0.252 e. The molecule has 1 amide bonds. The van der Waals surface area contributed by atoms with Crippen molar-refractivity contribution in [1.82, 2.24) is 14.6 Å². The van der Waals surface area contributed by atoms with Gasteiger partial charge in [-0.3, -0.25) is 4.79 Å². The van der Waals surface area contributed by atoms with E-state index in [1.54, 1.807) is 38.4 Å². The molecule has 0 fully saturated rings. The predicted octanol–water partition coefficient (Wildman–Crippen LogP) is 3.41. The number of carbonyl (C=O) groups excluding carboxylic acids is 1. The Balaban J connectivity index is 1.67. The Bertz CT molecular complexity index is 1090. The summed E-state index contributed by atoms with van der Waals surface area (Å²) in [5, 5.41) is 2.84. The second kappa shape index (κ2) is 9.69. The molecule has 0 aliphatic heterocycles. The Hall–Kier alpha value is -2.97. The molecule has 0 aliphatic rings. The first-order chi connectivity index (χ1) is 14.4. The van der Waals surface area contributed by atoms with Gasteiger partial charge in [0.1, 0.15) is 0 Å². The summed E-state index contributed by atoms with van der Waals surface area (Å²) in [6.07, 6.45) is 2.16. The number of rotatable bonds is 9. The normalized spacial score (nSPS) is 11.6. The van der Waals surface area contributed by atoms with Gasteiger partial charge in [-0.05, 0) is 25.5 Å². The zero-order valence-corrected chi connectivity index (χ0v) is 17.9. The quantitative estimate of drug-likeness (QED) is 0.528. The van der Waals surface area contributed by atoms with Gasteiger partial charge < -0.3 is 9.73 Å². The fraction of sp³-hybridized carbons (Fsp3) is 0.273. The monoisotopic (exact) mass is 427 g/mol. The van der Waals surface area contributed by atoms with Crippen LogP contribution in [0.2, 0.25) is 0 Å². The van der Waals surface area contributed by atoms with Crippen molar-refractivity contribution in [2.75, 3.05) is 25.9 Å². The summed E-state index contributed by atoms with van der Waals surface area (Å²) < 4.78 is 30.8. The summed E-state index contributed by atoms with van der Waals surface area (Å²) in [5.41, 5.74) is 1.96. The van der Waals surface area contributed by atoms with Crippen molar-refractivity contribution in [1.29, 1.82) is 0 Å². The van der Waals surface area contributed by atoms with Crippen LogP contribution in [0.3, 0.4) is 0 Å². The molecule has 0 saturated heterocycles. The Kier molecular flexibility index (Phi) is 7.02. The van der Waals surface area contributed by atoms with Crippen LogP contribution >= 0.6 is 0 Å². The lowest BCUT2D eigenvalue weighted by atomic mass is 10.1. The van der Waals surface area contributed by atoms with Crippen LogP contribution < -0.4 is 5.32 Å². The van der Waals surface area contributed by atoms with Crippen LogP contribution in [0.15, 0.2) is 65.2 Å². The van der Waals surface area contributed by atoms with E-state index in [1.165, 1.54) is 4.31 Å². The second-order valence-electron chi connectivity index (χ2n) is 6.77. The summed E-state index contributed by atoms with van der Waals surface area (Å²) in [6, 6.07) is 16.7. The third-order valence-corrected chi connectivity index (χ3v) is 6.60. The van der Waals surface area contributed by atoms with Crippen LogP contribution in [0.25, 0.3) is 22.8 Å². The van der Waals surface area contributed by atoms with Gasteiger partial charge in [0.15, 0.2) is 5.76 Å². The van der Waals surface area contributed by atoms with Crippen LogP contribution in [0.5, 0.6) is 0 Å². The van der Waals surface area contributed by atoms with Crippen molar-refractivity contribution in [3.63, 3.8) is 0 Å². The first kappa shape index (κ1) is 21.7. The van der Waals surface area contributed by atoms with Crippen molar-refractivity contribution < 1.29 is 17.6 Å². The Labute approximate surface area is 176 Å². The topological polar surface area (TPSA) is 92.5 Å². The molecule has 1 N–H and O–H groups in total. The van der Waals surface area contributed by atoms with Gasteiger partial charge in [0.2, 0.25) is 15.9 Å². The van der Waals surface area contributed by atoms with Crippen LogP contribution in [0, 0.1) is 0 Å². The molecule has 1 aromatic heterocycles. The molecule has 0 spiro atoms. The standard InChI is InChI=1S/C22H25N3O4S/c1-3-30(27,28)25(2)15-9-14-23-21(26)18-12-7-8-13-19(18)22-24-16-20(29-22)17-10-5-4-6-11-17/h4-8,10-13,16H,3,9,14-15H2,1-2H3,(H,23,26). The maximum atomic E-state index is 12.7. The van der Waals surface area contributed by atoms with Gasteiger partial charge in [0, 0.05) is 31.3 Å². The molecule has 30 heavy (non-hydrogen) atoms. The molecule has 8 heteroatoms. The lowest BCUT2D eigenvalue weighted by Crippen LogP contribution is -2.32. The van der Waals surface area contributed by atoms with Crippen molar-refractivity contribution >= 4 is 15.9 Å². The van der Waals surface area contributed by atoms with Crippen LogP contribution in [-0.2, 0) is 10.0 Å². The minimum absolute atomic E-state index is 0.0599. The molecule has 158 valence electrons. The number of nitrogens with one attached hydrogen (secondary N) is 1. The zero-order chi connectivity index (χ0) is 21.6. The molecule has 1 heterocycles. The molecule has 0 atom stereocenters. The first-order valence-electron chi connectivity index (χ1n) is 9.75. The molecule has 2 aromatic carbocycles. The fourth-order valence-electron chi connectivity index (χ4n) is 2.96. The molecule has 0 saturated carbocycles. The van der Waals surface area contributed by atoms with Crippen molar-refractivity contribution in [3.05, 3.63) is 66.4 Å². The summed E-state index contributed by atoms with van der Waals surface area (Å²) >= 11 is 0. The van der Waals surface area contributed by atoms with E-state index in [0.717, 1.165) is 5.56 Å². The molecule has 3 rings (SSSR count). The van der Waals surface area contributed by atoms with E-state index < -0.39 is 10.0 Å². The third kappa shape index (κ3) is 5.14. The summed E-state index contributed by atoms with van der Waals surface area (Å²) in [6.45, 7) is 2.31. The van der Waals surface area contributed by atoms with Gasteiger partial charge in [-0.1, -0.05) is 42.5 Å². The Morgan fingerprint density at radius 1 is 1.10 bits per heavy atom. The number of oxazole rings is 1. The SMILES string of the molecule is CCS(=O)(=O)N(C)CCCNC(=O)c1ccccc1-c1ncc(-c2ccccc2)o1. The molecule has 7 nitrogen and oxygen atoms in total. The predicted molar refractivity (Wildman–Crippen MR) is 116 cm³/mol. The van der Waals surface area contributed by atoms with Crippen LogP contribution in [0.1, 0.15) is 23.7 Å². The van der Waals surface area contributed by atoms with E-state index in [1.807, 2.05) is 36.4 Å². The maximum Gasteiger partial charge on any atom is 0.252 e. The maximum absolute atomic E-state index is 12.7. The summed E-state index contributed by atoms with van der Waals surface area (Å²) in [4.78, 5) is 17.0. The second-order valence-corrected chi connectivity index (χ2v) is 9.14. The number of sulfonamides is 1. The number of aromatic nitrogens is 1. The highest BCUT2D eigenvalue weighted by molar-refractivity contribution is 7.89. The van der Waals surface area contributed by atoms with Crippen molar-refractivity contribution in [3.8, 4) is 22.8 Å². The first-order valence-corrected chi connectivity index (χ1v) is 11.4. The number of hydrogen-bond acceptors (Lipinski definition) is 5. The molecule has 0 radical (unpaired) electrons. The molecule has 0 aliphatic carbocycles. The number of nitrogens with zero attached hydrogens (tertiary/aromatic N) is 2. The minimum atomic E-state index is -3.21. The van der Waals surface area contributed by atoms with Gasteiger partial charge in [-0.15, -0.1) is 0 Å². The molecule has 0 unspecified atom stereocenters. The highest BCUT2D eigenvalue weighted by Crippen LogP contribution is 2.28. The highest BCUT2D eigenvalue weighted by Gasteiger charge is 2.17.